The largest absolute Gasteiger partial charge is 0.309 e. The highest BCUT2D eigenvalue weighted by atomic mass is 35.5. The molecule has 0 atom stereocenters. The Kier molecular flexibility index (Phi) is 4.50. The van der Waals surface area contributed by atoms with Gasteiger partial charge in [0.25, 0.3) is 0 Å². The number of hydrogen-bond acceptors (Lipinski definition) is 0. The van der Waals surface area contributed by atoms with Crippen molar-refractivity contribution in [3.05, 3.63) is 113 Å². The molecular weight excluding hydrogens is 433 g/mol. The van der Waals surface area contributed by atoms with E-state index in [2.05, 4.69) is 84.1 Å². The molecule has 0 bridgehead atoms. The first kappa shape index (κ1) is 19.4. The second-order valence-corrected chi connectivity index (χ2v) is 9.08. The van der Waals surface area contributed by atoms with E-state index in [-0.39, 0.29) is 0 Å². The zero-order valence-corrected chi connectivity index (χ0v) is 19.0. The van der Waals surface area contributed by atoms with E-state index in [0.717, 1.165) is 21.2 Å². The highest BCUT2D eigenvalue weighted by Gasteiger charge is 2.20. The van der Waals surface area contributed by atoms with Gasteiger partial charge in [0.2, 0.25) is 0 Å². The third kappa shape index (κ3) is 3.01. The quantitative estimate of drug-likeness (QED) is 0.247. The van der Waals surface area contributed by atoms with Gasteiger partial charge in [-0.05, 0) is 66.6 Å². The van der Waals surface area contributed by atoms with Crippen molar-refractivity contribution < 1.29 is 0 Å². The third-order valence-electron chi connectivity index (χ3n) is 6.15. The molecule has 2 heterocycles. The van der Waals surface area contributed by atoms with E-state index in [4.69, 9.17) is 23.2 Å². The average Bonchev–Trinajstić information content (AvgIpc) is 3.19. The molecule has 0 amide bonds. The number of aromatic nitrogens is 1. The zero-order valence-electron chi connectivity index (χ0n) is 17.4. The highest BCUT2D eigenvalue weighted by Crippen LogP contribution is 2.44. The second kappa shape index (κ2) is 7.41. The summed E-state index contributed by atoms with van der Waals surface area (Å²) in [6, 6.07) is 33.8. The number of hydrogen-bond donors (Lipinski definition) is 0. The fourth-order valence-electron chi connectivity index (χ4n) is 4.73. The summed E-state index contributed by atoms with van der Waals surface area (Å²) in [5.74, 6) is 0. The number of aryl methyl sites for hydroxylation is 1. The van der Waals surface area contributed by atoms with Gasteiger partial charge in [-0.1, -0.05) is 77.3 Å². The molecule has 0 aliphatic heterocycles. The molecule has 0 aliphatic carbocycles. The van der Waals surface area contributed by atoms with Crippen LogP contribution in [0.2, 0.25) is 10.0 Å². The molecule has 154 valence electrons. The maximum absolute atomic E-state index is 6.25. The first-order chi connectivity index (χ1) is 15.6. The van der Waals surface area contributed by atoms with Crippen LogP contribution in [0.25, 0.3) is 49.6 Å². The monoisotopic (exact) mass is 451 g/mol. The first-order valence-corrected chi connectivity index (χ1v) is 11.3. The number of halogens is 2. The topological polar surface area (TPSA) is 4.41 Å². The molecule has 0 unspecified atom stereocenters. The summed E-state index contributed by atoms with van der Waals surface area (Å²) in [5.41, 5.74) is 9.47. The van der Waals surface area contributed by atoms with Crippen molar-refractivity contribution >= 4 is 50.5 Å². The van der Waals surface area contributed by atoms with Crippen molar-refractivity contribution in [1.82, 2.24) is 4.40 Å². The van der Waals surface area contributed by atoms with Crippen LogP contribution in [0, 0.1) is 6.92 Å². The minimum atomic E-state index is 0.731. The van der Waals surface area contributed by atoms with Crippen LogP contribution in [0.5, 0.6) is 0 Å². The standard InChI is InChI=1S/C29H19Cl2N/c1-18-6-15-26-24(16-18)28(19-7-11-22(30)12-8-19)29(20-9-13-23(31)14-10-20)27-17-21-4-2-3-5-25(21)32(26)27/h2-17H,1H3. The summed E-state index contributed by atoms with van der Waals surface area (Å²) in [5, 5.41) is 3.90. The Morgan fingerprint density at radius 1 is 0.562 bits per heavy atom. The van der Waals surface area contributed by atoms with Crippen LogP contribution in [0.15, 0.2) is 97.1 Å². The average molecular weight is 452 g/mol. The second-order valence-electron chi connectivity index (χ2n) is 8.21. The Bertz CT molecular complexity index is 1630. The maximum Gasteiger partial charge on any atom is 0.0553 e. The normalized spacial score (nSPS) is 11.6. The lowest BCUT2D eigenvalue weighted by molar-refractivity contribution is 1.32. The van der Waals surface area contributed by atoms with Crippen LogP contribution < -0.4 is 0 Å². The number of nitrogens with zero attached hydrogens (tertiary/aromatic N) is 1. The van der Waals surface area contributed by atoms with Crippen molar-refractivity contribution in [2.45, 2.75) is 6.92 Å². The molecule has 3 heteroatoms. The van der Waals surface area contributed by atoms with Gasteiger partial charge < -0.3 is 4.40 Å². The Balaban J connectivity index is 1.90. The molecule has 0 fully saturated rings. The lowest BCUT2D eigenvalue weighted by Crippen LogP contribution is -1.97. The molecule has 1 nitrogen and oxygen atoms in total. The Hall–Kier alpha value is -3.26. The van der Waals surface area contributed by atoms with Crippen LogP contribution in [0.4, 0.5) is 0 Å². The lowest BCUT2D eigenvalue weighted by atomic mass is 9.90. The van der Waals surface area contributed by atoms with Gasteiger partial charge in [0.15, 0.2) is 0 Å². The molecule has 0 saturated heterocycles. The van der Waals surface area contributed by atoms with Gasteiger partial charge in [-0.15, -0.1) is 0 Å². The van der Waals surface area contributed by atoms with E-state index in [1.165, 1.54) is 44.0 Å². The number of benzene rings is 4. The van der Waals surface area contributed by atoms with Crippen molar-refractivity contribution in [3.63, 3.8) is 0 Å². The highest BCUT2D eigenvalue weighted by molar-refractivity contribution is 6.31. The molecular formula is C29H19Cl2N. The molecule has 0 saturated carbocycles. The summed E-state index contributed by atoms with van der Waals surface area (Å²) >= 11 is 12.5. The minimum absolute atomic E-state index is 0.731. The van der Waals surface area contributed by atoms with Gasteiger partial charge in [-0.25, -0.2) is 0 Å². The van der Waals surface area contributed by atoms with E-state index < -0.39 is 0 Å². The molecule has 0 radical (unpaired) electrons. The Labute approximate surface area is 196 Å². The molecule has 4 aromatic carbocycles. The summed E-state index contributed by atoms with van der Waals surface area (Å²) < 4.78 is 2.38. The van der Waals surface area contributed by atoms with Crippen molar-refractivity contribution in [2.75, 3.05) is 0 Å². The van der Waals surface area contributed by atoms with Crippen molar-refractivity contribution in [1.29, 1.82) is 0 Å². The van der Waals surface area contributed by atoms with Crippen LogP contribution in [-0.2, 0) is 0 Å². The van der Waals surface area contributed by atoms with Crippen LogP contribution >= 0.6 is 23.2 Å². The number of fused-ring (bicyclic) bond motifs is 5. The molecule has 0 spiro atoms. The van der Waals surface area contributed by atoms with Crippen LogP contribution in [0.1, 0.15) is 5.56 Å². The van der Waals surface area contributed by atoms with E-state index >= 15 is 0 Å². The minimum Gasteiger partial charge on any atom is -0.309 e. The van der Waals surface area contributed by atoms with E-state index in [0.29, 0.717) is 0 Å². The molecule has 0 N–H and O–H groups in total. The molecule has 0 aliphatic rings. The van der Waals surface area contributed by atoms with Gasteiger partial charge >= 0.3 is 0 Å². The summed E-state index contributed by atoms with van der Waals surface area (Å²) in [6.07, 6.45) is 0. The molecule has 32 heavy (non-hydrogen) atoms. The lowest BCUT2D eigenvalue weighted by Gasteiger charge is -2.18. The third-order valence-corrected chi connectivity index (χ3v) is 6.65. The first-order valence-electron chi connectivity index (χ1n) is 10.6. The van der Waals surface area contributed by atoms with E-state index in [9.17, 15) is 0 Å². The predicted octanol–water partition coefficient (Wildman–Crippen LogP) is 9.19. The number of pyridine rings is 1. The SMILES string of the molecule is Cc1ccc2c(c1)c(-c1ccc(Cl)cc1)c(-c1ccc(Cl)cc1)c1cc3ccccc3n12. The molecule has 6 aromatic rings. The van der Waals surface area contributed by atoms with Crippen molar-refractivity contribution in [3.8, 4) is 22.3 Å². The summed E-state index contributed by atoms with van der Waals surface area (Å²) in [6.45, 7) is 2.14. The molecule has 6 rings (SSSR count). The fourth-order valence-corrected chi connectivity index (χ4v) is 4.98. The van der Waals surface area contributed by atoms with Crippen LogP contribution in [0.3, 0.4) is 0 Å². The summed E-state index contributed by atoms with van der Waals surface area (Å²) in [7, 11) is 0. The van der Waals surface area contributed by atoms with Gasteiger partial charge in [-0.3, -0.25) is 0 Å². The van der Waals surface area contributed by atoms with Crippen molar-refractivity contribution in [2.24, 2.45) is 0 Å². The Morgan fingerprint density at radius 3 is 1.88 bits per heavy atom. The number of rotatable bonds is 2. The van der Waals surface area contributed by atoms with Gasteiger partial charge in [0.05, 0.1) is 16.6 Å². The van der Waals surface area contributed by atoms with Gasteiger partial charge in [0.1, 0.15) is 0 Å². The molecule has 2 aromatic heterocycles. The fraction of sp³-hybridized carbons (Fsp3) is 0.0345. The zero-order chi connectivity index (χ0) is 21.8. The van der Waals surface area contributed by atoms with E-state index in [1.54, 1.807) is 0 Å². The van der Waals surface area contributed by atoms with Gasteiger partial charge in [0, 0.05) is 31.9 Å². The van der Waals surface area contributed by atoms with E-state index in [1.807, 2.05) is 24.3 Å². The maximum atomic E-state index is 6.25. The van der Waals surface area contributed by atoms with Crippen LogP contribution in [-0.4, -0.2) is 4.40 Å². The smallest absolute Gasteiger partial charge is 0.0553 e. The number of para-hydroxylation sites is 1. The Morgan fingerprint density at radius 2 is 1.19 bits per heavy atom. The predicted molar refractivity (Wildman–Crippen MR) is 138 cm³/mol. The van der Waals surface area contributed by atoms with Gasteiger partial charge in [-0.2, -0.15) is 0 Å². The summed E-state index contributed by atoms with van der Waals surface area (Å²) in [4.78, 5) is 0.